The average Bonchev–Trinajstić information content (AvgIpc) is 3.19. The van der Waals surface area contributed by atoms with Crippen LogP contribution in [-0.2, 0) is 13.0 Å². The molecule has 7 heteroatoms. The van der Waals surface area contributed by atoms with Gasteiger partial charge in [0.2, 0.25) is 0 Å². The molecule has 0 aromatic carbocycles. The van der Waals surface area contributed by atoms with Crippen molar-refractivity contribution in [2.24, 2.45) is 4.99 Å². The molecule has 0 aliphatic heterocycles. The fourth-order valence-corrected chi connectivity index (χ4v) is 3.96. The van der Waals surface area contributed by atoms with Crippen LogP contribution in [0.3, 0.4) is 0 Å². The summed E-state index contributed by atoms with van der Waals surface area (Å²) < 4.78 is 2.10. The van der Waals surface area contributed by atoms with Gasteiger partial charge >= 0.3 is 0 Å². The molecular weight excluding hydrogens is 469 g/mol. The van der Waals surface area contributed by atoms with Crippen molar-refractivity contribution < 1.29 is 0 Å². The van der Waals surface area contributed by atoms with Crippen LogP contribution in [0.4, 0.5) is 0 Å². The molecule has 0 radical (unpaired) electrons. The number of aromatic nitrogens is 2. The first-order valence-corrected chi connectivity index (χ1v) is 9.90. The van der Waals surface area contributed by atoms with Crippen molar-refractivity contribution in [3.05, 3.63) is 57.7 Å². The van der Waals surface area contributed by atoms with Gasteiger partial charge in [-0.15, -0.1) is 35.3 Å². The second-order valence-corrected chi connectivity index (χ2v) is 7.96. The number of rotatable bonds is 6. The molecule has 0 spiro atoms. The highest BCUT2D eigenvalue weighted by Gasteiger charge is 2.08. The Morgan fingerprint density at radius 1 is 1.26 bits per heavy atom. The van der Waals surface area contributed by atoms with Gasteiger partial charge in [0, 0.05) is 40.7 Å². The van der Waals surface area contributed by atoms with Crippen molar-refractivity contribution in [2.45, 2.75) is 46.7 Å². The molecule has 1 unspecified atom stereocenters. The summed E-state index contributed by atoms with van der Waals surface area (Å²) in [5.74, 6) is 0.835. The van der Waals surface area contributed by atoms with E-state index in [2.05, 4.69) is 72.1 Å². The molecule has 3 heterocycles. The first kappa shape index (κ1) is 21.7. The third-order valence-corrected chi connectivity index (χ3v) is 5.20. The van der Waals surface area contributed by atoms with Crippen LogP contribution in [0, 0.1) is 13.8 Å². The maximum absolute atomic E-state index is 4.72. The lowest BCUT2D eigenvalue weighted by molar-refractivity contribution is 0.645. The molecule has 3 aromatic rings. The van der Waals surface area contributed by atoms with E-state index in [-0.39, 0.29) is 24.0 Å². The smallest absolute Gasteiger partial charge is 0.191 e. The summed E-state index contributed by atoms with van der Waals surface area (Å²) in [4.78, 5) is 12.1. The van der Waals surface area contributed by atoms with Crippen LogP contribution >= 0.6 is 35.3 Å². The van der Waals surface area contributed by atoms with E-state index in [0.717, 1.165) is 30.3 Å². The van der Waals surface area contributed by atoms with Crippen molar-refractivity contribution >= 4 is 46.9 Å². The van der Waals surface area contributed by atoms with Gasteiger partial charge in [-0.1, -0.05) is 6.07 Å². The Labute approximate surface area is 182 Å². The zero-order chi connectivity index (χ0) is 18.5. The fraction of sp³-hybridized carbons (Fsp3) is 0.400. The monoisotopic (exact) mass is 497 g/mol. The molecule has 146 valence electrons. The molecule has 3 aromatic heterocycles. The lowest BCUT2D eigenvalue weighted by atomic mass is 10.2. The molecule has 0 bridgehead atoms. The molecule has 1 atom stereocenters. The summed E-state index contributed by atoms with van der Waals surface area (Å²) in [6, 6.07) is 10.8. The van der Waals surface area contributed by atoms with Crippen LogP contribution in [0.15, 0.2) is 41.5 Å². The average molecular weight is 497 g/mol. The Kier molecular flexibility index (Phi) is 8.09. The number of thiophene rings is 1. The third kappa shape index (κ3) is 5.93. The van der Waals surface area contributed by atoms with E-state index in [0.29, 0.717) is 12.6 Å². The largest absolute Gasteiger partial charge is 0.357 e. The van der Waals surface area contributed by atoms with Crippen LogP contribution in [-0.4, -0.2) is 27.9 Å². The summed E-state index contributed by atoms with van der Waals surface area (Å²) in [7, 11) is 0. The molecule has 3 rings (SSSR count). The van der Waals surface area contributed by atoms with E-state index in [1.807, 2.05) is 23.5 Å². The Morgan fingerprint density at radius 3 is 2.74 bits per heavy atom. The second-order valence-electron chi connectivity index (χ2n) is 6.58. The number of hydrogen-bond donors (Lipinski definition) is 2. The number of guanidine groups is 1. The zero-order valence-electron chi connectivity index (χ0n) is 16.3. The Hall–Kier alpha value is -1.61. The number of pyridine rings is 1. The first-order chi connectivity index (χ1) is 12.5. The number of aliphatic imine (C=N–C) groups is 1. The summed E-state index contributed by atoms with van der Waals surface area (Å²) >= 11 is 1.86. The van der Waals surface area contributed by atoms with Gasteiger partial charge in [0.25, 0.3) is 0 Å². The van der Waals surface area contributed by atoms with Gasteiger partial charge in [-0.3, -0.25) is 0 Å². The highest BCUT2D eigenvalue weighted by molar-refractivity contribution is 14.0. The number of nitrogens with one attached hydrogen (secondary N) is 2. The van der Waals surface area contributed by atoms with Crippen LogP contribution in [0.1, 0.15) is 35.0 Å². The lowest BCUT2D eigenvalue weighted by Gasteiger charge is -2.17. The zero-order valence-corrected chi connectivity index (χ0v) is 19.5. The van der Waals surface area contributed by atoms with Crippen LogP contribution in [0.25, 0.3) is 5.65 Å². The van der Waals surface area contributed by atoms with Crippen molar-refractivity contribution in [1.29, 1.82) is 0 Å². The minimum absolute atomic E-state index is 0. The quantitative estimate of drug-likeness (QED) is 0.303. The maximum atomic E-state index is 4.72. The fourth-order valence-electron chi connectivity index (χ4n) is 2.94. The molecular formula is C20H28IN5S. The van der Waals surface area contributed by atoms with Gasteiger partial charge in [-0.2, -0.15) is 0 Å². The van der Waals surface area contributed by atoms with Crippen molar-refractivity contribution in [3.8, 4) is 0 Å². The van der Waals surface area contributed by atoms with Crippen LogP contribution < -0.4 is 10.6 Å². The van der Waals surface area contributed by atoms with Crippen LogP contribution in [0.2, 0.25) is 0 Å². The third-order valence-electron chi connectivity index (χ3n) is 4.18. The highest BCUT2D eigenvalue weighted by Crippen LogP contribution is 2.16. The Morgan fingerprint density at radius 2 is 2.07 bits per heavy atom. The molecule has 0 aliphatic carbocycles. The number of nitrogens with zero attached hydrogens (tertiary/aromatic N) is 3. The SMILES string of the molecule is CCNC(=NCc1cn2c(C)cccc2n1)NC(C)Cc1ccc(C)s1.I. The van der Waals surface area contributed by atoms with E-state index in [1.54, 1.807) is 0 Å². The number of fused-ring (bicyclic) bond motifs is 1. The summed E-state index contributed by atoms with van der Waals surface area (Å²) in [5, 5.41) is 6.83. The second kappa shape index (κ2) is 10.1. The molecule has 0 amide bonds. The molecule has 0 aliphatic rings. The van der Waals surface area contributed by atoms with Crippen molar-refractivity contribution in [2.75, 3.05) is 6.54 Å². The van der Waals surface area contributed by atoms with Gasteiger partial charge in [0.1, 0.15) is 5.65 Å². The summed E-state index contributed by atoms with van der Waals surface area (Å²) in [5.41, 5.74) is 3.11. The molecule has 5 nitrogen and oxygen atoms in total. The maximum Gasteiger partial charge on any atom is 0.191 e. The predicted molar refractivity (Wildman–Crippen MR) is 126 cm³/mol. The van der Waals surface area contributed by atoms with E-state index in [4.69, 9.17) is 4.99 Å². The van der Waals surface area contributed by atoms with Gasteiger partial charge in [0.15, 0.2) is 5.96 Å². The van der Waals surface area contributed by atoms with Gasteiger partial charge in [0.05, 0.1) is 12.2 Å². The van der Waals surface area contributed by atoms with Crippen molar-refractivity contribution in [3.63, 3.8) is 0 Å². The summed E-state index contributed by atoms with van der Waals surface area (Å²) in [6.45, 7) is 9.90. The van der Waals surface area contributed by atoms with Crippen molar-refractivity contribution in [1.82, 2.24) is 20.0 Å². The molecule has 27 heavy (non-hydrogen) atoms. The van der Waals surface area contributed by atoms with E-state index < -0.39 is 0 Å². The van der Waals surface area contributed by atoms with E-state index in [1.165, 1.54) is 15.4 Å². The first-order valence-electron chi connectivity index (χ1n) is 9.09. The molecule has 0 saturated heterocycles. The normalized spacial score (nSPS) is 12.7. The number of aryl methyl sites for hydroxylation is 2. The number of imidazole rings is 1. The molecule has 2 N–H and O–H groups in total. The van der Waals surface area contributed by atoms with Crippen LogP contribution in [0.5, 0.6) is 0 Å². The Bertz CT molecular complexity index is 899. The minimum atomic E-state index is 0. The van der Waals surface area contributed by atoms with E-state index in [9.17, 15) is 0 Å². The van der Waals surface area contributed by atoms with Gasteiger partial charge < -0.3 is 15.0 Å². The number of halogens is 1. The molecule has 0 fully saturated rings. The lowest BCUT2D eigenvalue weighted by Crippen LogP contribution is -2.43. The predicted octanol–water partition coefficient (Wildman–Crippen LogP) is 4.32. The minimum Gasteiger partial charge on any atom is -0.357 e. The van der Waals surface area contributed by atoms with Gasteiger partial charge in [-0.25, -0.2) is 9.98 Å². The topological polar surface area (TPSA) is 53.7 Å². The molecule has 0 saturated carbocycles. The number of hydrogen-bond acceptors (Lipinski definition) is 3. The van der Waals surface area contributed by atoms with Gasteiger partial charge in [-0.05, 0) is 52.0 Å². The standard InChI is InChI=1S/C20H27N5S.HI/c1-5-21-20(23-14(2)11-18-10-9-16(4)26-18)22-12-17-13-25-15(3)7-6-8-19(25)24-17;/h6-10,13-14H,5,11-12H2,1-4H3,(H2,21,22,23);1H. The summed E-state index contributed by atoms with van der Waals surface area (Å²) in [6.07, 6.45) is 3.06. The highest BCUT2D eigenvalue weighted by atomic mass is 127. The van der Waals surface area contributed by atoms with E-state index >= 15 is 0 Å². The Balaban J connectivity index is 0.00000261.